The second-order valence-electron chi connectivity index (χ2n) is 21.8. The van der Waals surface area contributed by atoms with Crippen molar-refractivity contribution < 1.29 is 4.42 Å². The van der Waals surface area contributed by atoms with Gasteiger partial charge in [-0.3, -0.25) is 0 Å². The monoisotopic (exact) mass is 1200 g/mol. The summed E-state index contributed by atoms with van der Waals surface area (Å²) >= 11 is 1.88. The number of aromatic nitrogens is 1. The Morgan fingerprint density at radius 2 is 0.659 bits per heavy atom. The highest BCUT2D eigenvalue weighted by molar-refractivity contribution is 7.26. The molecule has 16 aromatic rings. The Morgan fingerprint density at radius 3 is 1.20 bits per heavy atom. The first-order valence-corrected chi connectivity index (χ1v) is 32.3. The lowest BCUT2D eigenvalue weighted by atomic mass is 10.0. The molecule has 446 valence electrons. The van der Waals surface area contributed by atoms with Crippen molar-refractivity contribution >= 4 is 109 Å². The van der Waals surface area contributed by atoms with Crippen LogP contribution in [0.4, 0.5) is 34.1 Å². The molecule has 0 saturated carbocycles. The minimum Gasteiger partial charge on any atom is -0.455 e. The molecule has 16 rings (SSSR count). The number of para-hydroxylation sites is 8. The van der Waals surface area contributed by atoms with E-state index in [0.717, 1.165) is 38.8 Å². The number of benzene rings is 13. The van der Waals surface area contributed by atoms with Crippen molar-refractivity contribution in [2.45, 2.75) is 27.7 Å². The molecular weight excluding hydrogens is 1130 g/mol. The van der Waals surface area contributed by atoms with E-state index >= 15 is 0 Å². The normalized spacial score (nSPS) is 10.8. The van der Waals surface area contributed by atoms with E-state index in [1.54, 1.807) is 0 Å². The summed E-state index contributed by atoms with van der Waals surface area (Å²) in [5.74, 6) is 0. The Labute approximate surface area is 539 Å². The van der Waals surface area contributed by atoms with Gasteiger partial charge in [0.2, 0.25) is 0 Å². The summed E-state index contributed by atoms with van der Waals surface area (Å²) in [6.07, 6.45) is 0. The van der Waals surface area contributed by atoms with Gasteiger partial charge in [0.25, 0.3) is 0 Å². The summed E-state index contributed by atoms with van der Waals surface area (Å²) < 4.78 is 11.3. The van der Waals surface area contributed by atoms with E-state index in [0.29, 0.717) is 0 Å². The standard InChI is InChI=1S/C31H24N2.C25H19NO.C25H19NS.2C2H6/c1-32(24-11-4-2-5-12-24)25-21-19-23(20-22-25)27-16-10-17-29-28-15-8-9-18-30(28)33(31(27)29)26-13-6-3-7-14-26;2*1-26(19-8-3-2-4-9-19)20-16-14-18(15-17-20)21-11-7-12-23-22-10-5-6-13-24(22)27-25(21)23;2*1-2/h2-22H,1H3;2*2-17H,1H3;2*1-2H3. The third kappa shape index (κ3) is 12.5. The zero-order valence-electron chi connectivity index (χ0n) is 52.7. The van der Waals surface area contributed by atoms with E-state index in [1.807, 2.05) is 69.4 Å². The quantitative estimate of drug-likeness (QED) is 0.136. The third-order valence-electron chi connectivity index (χ3n) is 16.6. The molecule has 91 heavy (non-hydrogen) atoms. The van der Waals surface area contributed by atoms with Gasteiger partial charge in [0, 0.05) is 114 Å². The maximum absolute atomic E-state index is 6.17. The summed E-state index contributed by atoms with van der Waals surface area (Å²) in [5, 5.41) is 7.57. The largest absolute Gasteiger partial charge is 0.455 e. The Kier molecular flexibility index (Phi) is 18.6. The second kappa shape index (κ2) is 28.1. The SMILES string of the molecule is CC.CC.CN(c1ccccc1)c1ccc(-c2cccc3c2oc2ccccc23)cc1.CN(c1ccccc1)c1ccc(-c2cccc3c2sc2ccccc23)cc1.CN(c1ccccc1)c1ccc(-c2cccc3c4ccccc4n(-c4ccccc4)c23)cc1. The van der Waals surface area contributed by atoms with Crippen LogP contribution in [0.15, 0.2) is 326 Å². The summed E-state index contributed by atoms with van der Waals surface area (Å²) in [6, 6.07) is 113. The van der Waals surface area contributed by atoms with Gasteiger partial charge in [-0.15, -0.1) is 11.3 Å². The number of hydrogen-bond donors (Lipinski definition) is 0. The van der Waals surface area contributed by atoms with Gasteiger partial charge in [-0.2, -0.15) is 0 Å². The van der Waals surface area contributed by atoms with Crippen LogP contribution >= 0.6 is 11.3 Å². The Hall–Kier alpha value is -10.9. The molecule has 3 heterocycles. The van der Waals surface area contributed by atoms with E-state index in [1.165, 1.54) is 98.4 Å². The zero-order valence-corrected chi connectivity index (χ0v) is 53.5. The lowest BCUT2D eigenvalue weighted by molar-refractivity contribution is 0.670. The second-order valence-corrected chi connectivity index (χ2v) is 22.8. The minimum atomic E-state index is 0.931. The van der Waals surface area contributed by atoms with E-state index < -0.39 is 0 Å². The highest BCUT2D eigenvalue weighted by Crippen LogP contribution is 2.42. The Balaban J connectivity index is 0.000000129. The van der Waals surface area contributed by atoms with E-state index in [4.69, 9.17) is 4.42 Å². The molecule has 0 spiro atoms. The molecule has 5 nitrogen and oxygen atoms in total. The van der Waals surface area contributed by atoms with Crippen molar-refractivity contribution in [2.75, 3.05) is 35.8 Å². The van der Waals surface area contributed by atoms with Crippen molar-refractivity contribution in [3.63, 3.8) is 0 Å². The molecule has 0 unspecified atom stereocenters. The summed E-state index contributed by atoms with van der Waals surface area (Å²) in [7, 11) is 6.31. The molecule has 0 atom stereocenters. The molecule has 0 fully saturated rings. The van der Waals surface area contributed by atoms with Gasteiger partial charge in [-0.25, -0.2) is 0 Å². The zero-order chi connectivity index (χ0) is 62.6. The van der Waals surface area contributed by atoms with Crippen LogP contribution in [0.2, 0.25) is 0 Å². The fourth-order valence-corrected chi connectivity index (χ4v) is 13.3. The van der Waals surface area contributed by atoms with Crippen LogP contribution in [0.5, 0.6) is 0 Å². The van der Waals surface area contributed by atoms with Crippen LogP contribution in [-0.4, -0.2) is 25.7 Å². The van der Waals surface area contributed by atoms with E-state index in [-0.39, 0.29) is 0 Å². The number of nitrogens with zero attached hydrogens (tertiary/aromatic N) is 4. The number of hydrogen-bond acceptors (Lipinski definition) is 5. The van der Waals surface area contributed by atoms with Crippen molar-refractivity contribution in [1.82, 2.24) is 4.57 Å². The number of furan rings is 1. The lowest BCUT2D eigenvalue weighted by Crippen LogP contribution is -2.08. The molecule has 0 saturated heterocycles. The lowest BCUT2D eigenvalue weighted by Gasteiger charge is -2.20. The Morgan fingerprint density at radius 1 is 0.286 bits per heavy atom. The number of thiophene rings is 1. The maximum atomic E-state index is 6.17. The minimum absolute atomic E-state index is 0.931. The Bertz CT molecular complexity index is 4800. The number of fused-ring (bicyclic) bond motifs is 9. The van der Waals surface area contributed by atoms with Gasteiger partial charge in [0.15, 0.2) is 0 Å². The molecule has 0 aliphatic heterocycles. The molecule has 0 N–H and O–H groups in total. The molecular formula is C85H74N4OS. The predicted molar refractivity (Wildman–Crippen MR) is 396 cm³/mol. The van der Waals surface area contributed by atoms with Gasteiger partial charge in [0.05, 0.1) is 11.0 Å². The van der Waals surface area contributed by atoms with Gasteiger partial charge < -0.3 is 23.7 Å². The molecule has 3 aromatic heterocycles. The molecule has 0 bridgehead atoms. The van der Waals surface area contributed by atoms with Crippen molar-refractivity contribution in [1.29, 1.82) is 0 Å². The van der Waals surface area contributed by atoms with Crippen LogP contribution in [0.25, 0.3) is 103 Å². The van der Waals surface area contributed by atoms with Crippen molar-refractivity contribution in [2.24, 2.45) is 0 Å². The summed E-state index contributed by atoms with van der Waals surface area (Å²) in [5.41, 5.74) is 19.9. The van der Waals surface area contributed by atoms with Gasteiger partial charge >= 0.3 is 0 Å². The average Bonchev–Trinajstić information content (AvgIpc) is 1.66. The summed E-state index contributed by atoms with van der Waals surface area (Å²) in [4.78, 5) is 6.61. The molecule has 6 heteroatoms. The van der Waals surface area contributed by atoms with Crippen molar-refractivity contribution in [3.05, 3.63) is 322 Å². The molecule has 13 aromatic carbocycles. The highest BCUT2D eigenvalue weighted by atomic mass is 32.1. The fourth-order valence-electron chi connectivity index (χ4n) is 12.0. The first-order chi connectivity index (χ1) is 44.9. The topological polar surface area (TPSA) is 27.8 Å². The smallest absolute Gasteiger partial charge is 0.143 e. The average molecular weight is 1200 g/mol. The number of anilines is 6. The van der Waals surface area contributed by atoms with E-state index in [2.05, 4.69) is 332 Å². The van der Waals surface area contributed by atoms with Crippen LogP contribution in [-0.2, 0) is 0 Å². The first kappa shape index (κ1) is 60.4. The van der Waals surface area contributed by atoms with Crippen LogP contribution in [0.3, 0.4) is 0 Å². The first-order valence-electron chi connectivity index (χ1n) is 31.5. The van der Waals surface area contributed by atoms with Crippen LogP contribution in [0.1, 0.15) is 27.7 Å². The molecule has 0 amide bonds. The molecule has 0 radical (unpaired) electrons. The van der Waals surface area contributed by atoms with Gasteiger partial charge in [-0.1, -0.05) is 246 Å². The molecule has 0 aliphatic carbocycles. The van der Waals surface area contributed by atoms with Crippen molar-refractivity contribution in [3.8, 4) is 39.1 Å². The predicted octanol–water partition coefficient (Wildman–Crippen LogP) is 24.8. The third-order valence-corrected chi connectivity index (χ3v) is 17.9. The van der Waals surface area contributed by atoms with Gasteiger partial charge in [-0.05, 0) is 125 Å². The van der Waals surface area contributed by atoms with Gasteiger partial charge in [0.1, 0.15) is 11.2 Å². The van der Waals surface area contributed by atoms with E-state index in [9.17, 15) is 0 Å². The maximum Gasteiger partial charge on any atom is 0.143 e. The van der Waals surface area contributed by atoms with Crippen LogP contribution < -0.4 is 14.7 Å². The summed E-state index contributed by atoms with van der Waals surface area (Å²) in [6.45, 7) is 8.00. The number of rotatable bonds is 10. The fraction of sp³-hybridized carbons (Fsp3) is 0.0824. The van der Waals surface area contributed by atoms with Crippen LogP contribution in [0, 0.1) is 0 Å². The highest BCUT2D eigenvalue weighted by Gasteiger charge is 2.18. The molecule has 0 aliphatic rings.